The van der Waals surface area contributed by atoms with Gasteiger partial charge in [0.15, 0.2) is 5.82 Å². The van der Waals surface area contributed by atoms with Crippen LogP contribution in [-0.2, 0) is 0 Å². The van der Waals surface area contributed by atoms with Crippen molar-refractivity contribution in [3.05, 3.63) is 84.7 Å². The highest BCUT2D eigenvalue weighted by Crippen LogP contribution is 2.20. The molecule has 0 radical (unpaired) electrons. The normalized spacial score (nSPS) is 9.89. The van der Waals surface area contributed by atoms with Crippen LogP contribution in [0.4, 0.5) is 0 Å². The minimum Gasteiger partial charge on any atom is -0.490 e. The van der Waals surface area contributed by atoms with Gasteiger partial charge in [0.05, 0.1) is 17.2 Å². The van der Waals surface area contributed by atoms with Crippen LogP contribution < -0.4 is 9.47 Å². The van der Waals surface area contributed by atoms with Gasteiger partial charge in [-0.3, -0.25) is 0 Å². The molecule has 6 nitrogen and oxygen atoms in total. The molecule has 3 aromatic rings. The van der Waals surface area contributed by atoms with E-state index in [0.717, 1.165) is 11.3 Å². The Morgan fingerprint density at radius 3 is 2.26 bits per heavy atom. The van der Waals surface area contributed by atoms with Gasteiger partial charge in [-0.2, -0.15) is 5.26 Å². The van der Waals surface area contributed by atoms with Gasteiger partial charge in [0, 0.05) is 18.0 Å². The summed E-state index contributed by atoms with van der Waals surface area (Å²) in [6.07, 6.45) is 4.50. The number of rotatable bonds is 6. The van der Waals surface area contributed by atoms with E-state index in [9.17, 15) is 4.79 Å². The molecule has 0 aliphatic carbocycles. The number of carbonyl (C=O) groups is 1. The Balaban J connectivity index is 1.67. The summed E-state index contributed by atoms with van der Waals surface area (Å²) in [5, 5.41) is 8.78. The van der Waals surface area contributed by atoms with Gasteiger partial charge in [-0.15, -0.1) is 0 Å². The molecule has 0 atom stereocenters. The number of benzene rings is 2. The zero-order chi connectivity index (χ0) is 19.1. The summed E-state index contributed by atoms with van der Waals surface area (Å²) < 4.78 is 10.7. The van der Waals surface area contributed by atoms with Crippen LogP contribution in [0.5, 0.6) is 11.5 Å². The van der Waals surface area contributed by atoms with Crippen LogP contribution in [0.3, 0.4) is 0 Å². The van der Waals surface area contributed by atoms with Crippen LogP contribution in [0.15, 0.2) is 73.6 Å². The van der Waals surface area contributed by atoms with E-state index in [1.165, 1.54) is 12.4 Å². The smallest absolute Gasteiger partial charge is 0.346 e. The topological polar surface area (TPSA) is 85.1 Å². The number of hydrogen-bond acceptors (Lipinski definition) is 6. The van der Waals surface area contributed by atoms with Crippen molar-refractivity contribution in [2.75, 3.05) is 6.61 Å². The molecule has 2 aromatic carbocycles. The summed E-state index contributed by atoms with van der Waals surface area (Å²) in [4.78, 5) is 20.6. The maximum absolute atomic E-state index is 12.2. The second-order valence-corrected chi connectivity index (χ2v) is 5.45. The molecule has 0 amide bonds. The number of aromatic nitrogens is 2. The summed E-state index contributed by atoms with van der Waals surface area (Å²) in [5.74, 6) is 0.985. The van der Waals surface area contributed by atoms with Crippen molar-refractivity contribution in [3.8, 4) is 29.0 Å². The van der Waals surface area contributed by atoms with Crippen molar-refractivity contribution in [2.45, 2.75) is 0 Å². The Bertz CT molecular complexity index is 973. The average Bonchev–Trinajstić information content (AvgIpc) is 2.73. The minimum absolute atomic E-state index is 0.231. The molecular formula is C21H15N3O3. The lowest BCUT2D eigenvalue weighted by atomic mass is 10.2. The molecule has 1 heterocycles. The Hall–Kier alpha value is -3.98. The van der Waals surface area contributed by atoms with Crippen molar-refractivity contribution in [3.63, 3.8) is 0 Å². The lowest BCUT2D eigenvalue weighted by Crippen LogP contribution is -2.09. The summed E-state index contributed by atoms with van der Waals surface area (Å²) >= 11 is 0. The number of carbonyl (C=O) groups excluding carboxylic acids is 1. The van der Waals surface area contributed by atoms with E-state index in [1.807, 2.05) is 30.3 Å². The van der Waals surface area contributed by atoms with E-state index in [-0.39, 0.29) is 5.56 Å². The predicted octanol–water partition coefficient (Wildman–Crippen LogP) is 3.80. The first kappa shape index (κ1) is 17.8. The Kier molecular flexibility index (Phi) is 5.55. The van der Waals surface area contributed by atoms with Crippen molar-refractivity contribution in [1.82, 2.24) is 9.97 Å². The Labute approximate surface area is 156 Å². The molecule has 3 rings (SSSR count). The minimum atomic E-state index is -0.570. The SMILES string of the molecule is C=CCOc1ccc(-c2ncc(C(=O)Oc3ccc(C#N)cc3)cn2)cc1. The molecule has 0 N–H and O–H groups in total. The van der Waals surface area contributed by atoms with Crippen LogP contribution in [-0.4, -0.2) is 22.5 Å². The number of ether oxygens (including phenoxy) is 2. The van der Waals surface area contributed by atoms with Crippen molar-refractivity contribution < 1.29 is 14.3 Å². The molecule has 27 heavy (non-hydrogen) atoms. The fourth-order valence-electron chi connectivity index (χ4n) is 2.20. The molecule has 0 aliphatic rings. The summed E-state index contributed by atoms with van der Waals surface area (Å²) in [5.41, 5.74) is 1.52. The highest BCUT2D eigenvalue weighted by atomic mass is 16.5. The van der Waals surface area contributed by atoms with Crippen molar-refractivity contribution in [1.29, 1.82) is 5.26 Å². The van der Waals surface area contributed by atoms with Crippen LogP contribution >= 0.6 is 0 Å². The fourth-order valence-corrected chi connectivity index (χ4v) is 2.20. The number of nitrogens with zero attached hydrogens (tertiary/aromatic N) is 3. The predicted molar refractivity (Wildman–Crippen MR) is 99.3 cm³/mol. The zero-order valence-corrected chi connectivity index (χ0v) is 14.3. The van der Waals surface area contributed by atoms with Gasteiger partial charge in [-0.1, -0.05) is 12.7 Å². The first-order valence-corrected chi connectivity index (χ1v) is 8.08. The van der Waals surface area contributed by atoms with Gasteiger partial charge in [0.2, 0.25) is 0 Å². The van der Waals surface area contributed by atoms with E-state index in [0.29, 0.717) is 23.7 Å². The van der Waals surface area contributed by atoms with Gasteiger partial charge in [-0.05, 0) is 48.5 Å². The second-order valence-electron chi connectivity index (χ2n) is 5.45. The van der Waals surface area contributed by atoms with E-state index >= 15 is 0 Å². The highest BCUT2D eigenvalue weighted by molar-refractivity contribution is 5.90. The van der Waals surface area contributed by atoms with Crippen LogP contribution in [0.1, 0.15) is 15.9 Å². The summed E-state index contributed by atoms with van der Waals surface area (Å²) in [6.45, 7) is 4.04. The zero-order valence-electron chi connectivity index (χ0n) is 14.3. The van der Waals surface area contributed by atoms with Crippen molar-refractivity contribution in [2.24, 2.45) is 0 Å². The molecule has 1 aromatic heterocycles. The van der Waals surface area contributed by atoms with E-state index in [4.69, 9.17) is 14.7 Å². The molecular weight excluding hydrogens is 342 g/mol. The number of nitriles is 1. The van der Waals surface area contributed by atoms with Gasteiger partial charge < -0.3 is 9.47 Å². The monoisotopic (exact) mass is 357 g/mol. The first-order chi connectivity index (χ1) is 13.2. The number of hydrogen-bond donors (Lipinski definition) is 0. The molecule has 0 saturated carbocycles. The molecule has 132 valence electrons. The largest absolute Gasteiger partial charge is 0.490 e. The summed E-state index contributed by atoms with van der Waals surface area (Å²) in [6, 6.07) is 15.6. The molecule has 6 heteroatoms. The fraction of sp³-hybridized carbons (Fsp3) is 0.0476. The number of esters is 1. The average molecular weight is 357 g/mol. The van der Waals surface area contributed by atoms with E-state index < -0.39 is 5.97 Å². The van der Waals surface area contributed by atoms with Gasteiger partial charge in [0.1, 0.15) is 18.1 Å². The third kappa shape index (κ3) is 4.55. The standard InChI is InChI=1S/C21H15N3O3/c1-2-11-26-18-9-5-16(6-10-18)20-23-13-17(14-24-20)21(25)27-19-7-3-15(12-22)4-8-19/h2-10,13-14H,1,11H2. The van der Waals surface area contributed by atoms with Gasteiger partial charge >= 0.3 is 5.97 Å². The van der Waals surface area contributed by atoms with Crippen molar-refractivity contribution >= 4 is 5.97 Å². The second kappa shape index (κ2) is 8.41. The van der Waals surface area contributed by atoms with E-state index in [2.05, 4.69) is 16.5 Å². The van der Waals surface area contributed by atoms with E-state index in [1.54, 1.807) is 30.3 Å². The van der Waals surface area contributed by atoms with Crippen LogP contribution in [0.2, 0.25) is 0 Å². The maximum Gasteiger partial charge on any atom is 0.346 e. The molecule has 0 unspecified atom stereocenters. The Morgan fingerprint density at radius 2 is 1.67 bits per heavy atom. The third-order valence-electron chi connectivity index (χ3n) is 3.56. The van der Waals surface area contributed by atoms with Gasteiger partial charge in [-0.25, -0.2) is 14.8 Å². The molecule has 0 fully saturated rings. The lowest BCUT2D eigenvalue weighted by Gasteiger charge is -2.06. The van der Waals surface area contributed by atoms with Crippen LogP contribution in [0, 0.1) is 11.3 Å². The lowest BCUT2D eigenvalue weighted by molar-refractivity contribution is 0.0734. The molecule has 0 saturated heterocycles. The molecule has 0 bridgehead atoms. The quantitative estimate of drug-likeness (QED) is 0.379. The summed E-state index contributed by atoms with van der Waals surface area (Å²) in [7, 11) is 0. The van der Waals surface area contributed by atoms with Gasteiger partial charge in [0.25, 0.3) is 0 Å². The maximum atomic E-state index is 12.2. The first-order valence-electron chi connectivity index (χ1n) is 8.08. The highest BCUT2D eigenvalue weighted by Gasteiger charge is 2.11. The van der Waals surface area contributed by atoms with Crippen LogP contribution in [0.25, 0.3) is 11.4 Å². The molecule has 0 aliphatic heterocycles. The molecule has 0 spiro atoms. The Morgan fingerprint density at radius 1 is 1.04 bits per heavy atom. The third-order valence-corrected chi connectivity index (χ3v) is 3.56.